The number of nitrogens with one attached hydrogen (secondary N) is 1. The van der Waals surface area contributed by atoms with Gasteiger partial charge in [0.2, 0.25) is 5.95 Å². The molecule has 0 aliphatic rings. The molecule has 0 amide bonds. The standard InChI is InChI=1S/C13H18N6O4/c1-4-23-8(20)6-5-7-19-9-10(15-12(19)16-14)17(2)13(22)18(3)11(9)21/h5-6H,4,7,14H2,1-3H3,(H,15,16)/b6-5+. The van der Waals surface area contributed by atoms with Crippen LogP contribution in [0.2, 0.25) is 0 Å². The van der Waals surface area contributed by atoms with E-state index >= 15 is 0 Å². The highest BCUT2D eigenvalue weighted by atomic mass is 16.5. The maximum Gasteiger partial charge on any atom is 0.332 e. The van der Waals surface area contributed by atoms with Gasteiger partial charge in [0, 0.05) is 26.7 Å². The number of rotatable bonds is 5. The van der Waals surface area contributed by atoms with Crippen molar-refractivity contribution in [2.45, 2.75) is 13.5 Å². The molecule has 0 aliphatic carbocycles. The Bertz CT molecular complexity index is 888. The van der Waals surface area contributed by atoms with Crippen LogP contribution in [0.1, 0.15) is 6.92 Å². The molecule has 0 spiro atoms. The Hall–Kier alpha value is -2.88. The third-order valence-electron chi connectivity index (χ3n) is 3.31. The van der Waals surface area contributed by atoms with Gasteiger partial charge < -0.3 is 4.74 Å². The van der Waals surface area contributed by atoms with Gasteiger partial charge >= 0.3 is 11.7 Å². The summed E-state index contributed by atoms with van der Waals surface area (Å²) in [4.78, 5) is 39.8. The van der Waals surface area contributed by atoms with E-state index in [1.165, 1.54) is 35.4 Å². The Morgan fingerprint density at radius 1 is 1.35 bits per heavy atom. The molecule has 10 heteroatoms. The zero-order chi connectivity index (χ0) is 17.1. The second kappa shape index (κ2) is 6.48. The van der Waals surface area contributed by atoms with Gasteiger partial charge in [0.25, 0.3) is 5.56 Å². The Balaban J connectivity index is 2.57. The normalized spacial score (nSPS) is 11.3. The van der Waals surface area contributed by atoms with Crippen molar-refractivity contribution in [1.29, 1.82) is 0 Å². The van der Waals surface area contributed by atoms with E-state index in [0.717, 1.165) is 4.57 Å². The number of hydrogen-bond acceptors (Lipinski definition) is 7. The van der Waals surface area contributed by atoms with E-state index in [9.17, 15) is 14.4 Å². The molecular formula is C13H18N6O4. The molecule has 0 unspecified atom stereocenters. The van der Waals surface area contributed by atoms with E-state index in [4.69, 9.17) is 10.6 Å². The van der Waals surface area contributed by atoms with Gasteiger partial charge in [0.1, 0.15) is 0 Å². The van der Waals surface area contributed by atoms with Gasteiger partial charge in [-0.15, -0.1) is 0 Å². The molecule has 124 valence electrons. The van der Waals surface area contributed by atoms with Crippen molar-refractivity contribution < 1.29 is 9.53 Å². The van der Waals surface area contributed by atoms with Crippen LogP contribution in [-0.2, 0) is 30.2 Å². The largest absolute Gasteiger partial charge is 0.463 e. The highest BCUT2D eigenvalue weighted by Gasteiger charge is 2.17. The molecule has 0 aliphatic heterocycles. The van der Waals surface area contributed by atoms with E-state index in [0.29, 0.717) is 0 Å². The molecule has 2 aromatic heterocycles. The minimum atomic E-state index is -0.498. The number of aromatic nitrogens is 4. The Morgan fingerprint density at radius 3 is 2.65 bits per heavy atom. The van der Waals surface area contributed by atoms with E-state index in [2.05, 4.69) is 10.4 Å². The summed E-state index contributed by atoms with van der Waals surface area (Å²) in [5, 5.41) is 0. The van der Waals surface area contributed by atoms with E-state index < -0.39 is 17.2 Å². The minimum Gasteiger partial charge on any atom is -0.463 e. The van der Waals surface area contributed by atoms with E-state index in [1.807, 2.05) is 0 Å². The lowest BCUT2D eigenvalue weighted by atomic mass is 10.4. The molecule has 23 heavy (non-hydrogen) atoms. The average molecular weight is 322 g/mol. The molecular weight excluding hydrogens is 304 g/mol. The number of nitrogens with two attached hydrogens (primary N) is 1. The predicted octanol–water partition coefficient (Wildman–Crippen LogP) is -1.16. The molecule has 0 saturated heterocycles. The number of ether oxygens (including phenoxy) is 1. The highest BCUT2D eigenvalue weighted by molar-refractivity contribution is 5.82. The molecule has 2 heterocycles. The summed E-state index contributed by atoms with van der Waals surface area (Å²) in [7, 11) is 2.89. The van der Waals surface area contributed by atoms with Crippen LogP contribution in [0.25, 0.3) is 11.2 Å². The lowest BCUT2D eigenvalue weighted by molar-refractivity contribution is -0.137. The van der Waals surface area contributed by atoms with Gasteiger partial charge in [-0.1, -0.05) is 6.08 Å². The van der Waals surface area contributed by atoms with Gasteiger partial charge in [-0.05, 0) is 6.92 Å². The number of aryl methyl sites for hydroxylation is 1. The first-order chi connectivity index (χ1) is 10.9. The van der Waals surface area contributed by atoms with Crippen LogP contribution in [0, 0.1) is 0 Å². The van der Waals surface area contributed by atoms with Crippen LogP contribution >= 0.6 is 0 Å². The summed E-state index contributed by atoms with van der Waals surface area (Å²) >= 11 is 0. The van der Waals surface area contributed by atoms with E-state index in [-0.39, 0.29) is 30.3 Å². The SMILES string of the molecule is CCOC(=O)/C=C/Cn1c(NN)nc2c1c(=O)n(C)c(=O)n2C. The molecule has 0 radical (unpaired) electrons. The number of hydrogen-bond donors (Lipinski definition) is 2. The summed E-state index contributed by atoms with van der Waals surface area (Å²) in [5.74, 6) is 5.14. The summed E-state index contributed by atoms with van der Waals surface area (Å²) in [5.41, 5.74) is 1.80. The van der Waals surface area contributed by atoms with Crippen molar-refractivity contribution >= 4 is 23.1 Å². The van der Waals surface area contributed by atoms with Crippen molar-refractivity contribution in [2.24, 2.45) is 19.9 Å². The number of nitrogens with zero attached hydrogens (tertiary/aromatic N) is 4. The smallest absolute Gasteiger partial charge is 0.332 e. The number of esters is 1. The number of carbonyl (C=O) groups is 1. The predicted molar refractivity (Wildman–Crippen MR) is 83.8 cm³/mol. The third-order valence-corrected chi connectivity index (χ3v) is 3.31. The van der Waals surface area contributed by atoms with Crippen LogP contribution in [-0.4, -0.2) is 31.3 Å². The number of hydrazine groups is 1. The Kier molecular flexibility index (Phi) is 4.65. The van der Waals surface area contributed by atoms with Gasteiger partial charge in [0.05, 0.1) is 6.61 Å². The van der Waals surface area contributed by atoms with Crippen LogP contribution in [0.4, 0.5) is 5.95 Å². The Morgan fingerprint density at radius 2 is 2.04 bits per heavy atom. The second-order valence-electron chi connectivity index (χ2n) is 4.72. The topological polar surface area (TPSA) is 126 Å². The van der Waals surface area contributed by atoms with Crippen molar-refractivity contribution in [2.75, 3.05) is 12.0 Å². The van der Waals surface area contributed by atoms with Crippen LogP contribution in [0.5, 0.6) is 0 Å². The highest BCUT2D eigenvalue weighted by Crippen LogP contribution is 2.14. The monoisotopic (exact) mass is 322 g/mol. The number of carbonyl (C=O) groups excluding carboxylic acids is 1. The van der Waals surface area contributed by atoms with Gasteiger partial charge in [-0.2, -0.15) is 4.98 Å². The van der Waals surface area contributed by atoms with Gasteiger partial charge in [0.15, 0.2) is 11.2 Å². The summed E-state index contributed by atoms with van der Waals surface area (Å²) in [6.45, 7) is 2.13. The number of fused-ring (bicyclic) bond motifs is 1. The quantitative estimate of drug-likeness (QED) is 0.308. The summed E-state index contributed by atoms with van der Waals surface area (Å²) in [6.07, 6.45) is 2.77. The lowest BCUT2D eigenvalue weighted by Crippen LogP contribution is -2.37. The zero-order valence-electron chi connectivity index (χ0n) is 13.1. The van der Waals surface area contributed by atoms with Gasteiger partial charge in [-0.25, -0.2) is 15.4 Å². The average Bonchev–Trinajstić information content (AvgIpc) is 2.90. The van der Waals surface area contributed by atoms with Crippen LogP contribution < -0.4 is 22.5 Å². The first-order valence-electron chi connectivity index (χ1n) is 6.88. The lowest BCUT2D eigenvalue weighted by Gasteiger charge is -2.06. The Labute approximate surface area is 130 Å². The van der Waals surface area contributed by atoms with Crippen molar-refractivity contribution in [3.63, 3.8) is 0 Å². The first-order valence-corrected chi connectivity index (χ1v) is 6.88. The fraction of sp³-hybridized carbons (Fsp3) is 0.385. The minimum absolute atomic E-state index is 0.155. The summed E-state index contributed by atoms with van der Waals surface area (Å²) in [6, 6.07) is 0. The molecule has 10 nitrogen and oxygen atoms in total. The number of allylic oxidation sites excluding steroid dienone is 1. The van der Waals surface area contributed by atoms with E-state index in [1.54, 1.807) is 6.92 Å². The molecule has 0 fully saturated rings. The first kappa shape index (κ1) is 16.5. The molecule has 0 bridgehead atoms. The molecule has 0 aromatic carbocycles. The summed E-state index contributed by atoms with van der Waals surface area (Å²) < 4.78 is 8.49. The number of anilines is 1. The second-order valence-corrected chi connectivity index (χ2v) is 4.72. The fourth-order valence-corrected chi connectivity index (χ4v) is 2.18. The maximum absolute atomic E-state index is 12.4. The zero-order valence-corrected chi connectivity index (χ0v) is 13.1. The molecule has 0 atom stereocenters. The van der Waals surface area contributed by atoms with Crippen molar-refractivity contribution in [1.82, 2.24) is 18.7 Å². The molecule has 3 N–H and O–H groups in total. The molecule has 2 rings (SSSR count). The van der Waals surface area contributed by atoms with Crippen molar-refractivity contribution in [3.8, 4) is 0 Å². The van der Waals surface area contributed by atoms with Crippen molar-refractivity contribution in [3.05, 3.63) is 33.0 Å². The van der Waals surface area contributed by atoms with Gasteiger partial charge in [-0.3, -0.25) is 23.9 Å². The fourth-order valence-electron chi connectivity index (χ4n) is 2.18. The third kappa shape index (κ3) is 2.88. The maximum atomic E-state index is 12.4. The van der Waals surface area contributed by atoms with Crippen LogP contribution in [0.3, 0.4) is 0 Å². The number of imidazole rings is 1. The molecule has 0 saturated carbocycles. The number of nitrogen functional groups attached to an aromatic ring is 1. The van der Waals surface area contributed by atoms with Crippen LogP contribution in [0.15, 0.2) is 21.7 Å². The molecule has 2 aromatic rings.